The number of piperidine rings is 1. The van der Waals surface area contributed by atoms with Gasteiger partial charge in [0.05, 0.1) is 17.1 Å². The van der Waals surface area contributed by atoms with Crippen molar-refractivity contribution in [3.63, 3.8) is 0 Å². The second kappa shape index (κ2) is 7.21. The van der Waals surface area contributed by atoms with Crippen LogP contribution in [0.2, 0.25) is 0 Å². The number of β-amino-alcohol motifs (C(OH)–C–C–N with tert-alkyl or cyclic N) is 1. The molecule has 1 fully saturated rings. The third-order valence-electron chi connectivity index (χ3n) is 4.83. The summed E-state index contributed by atoms with van der Waals surface area (Å²) in [7, 11) is -4.19. The van der Waals surface area contributed by atoms with Crippen LogP contribution in [0.3, 0.4) is 0 Å². The third-order valence-corrected chi connectivity index (χ3v) is 7.13. The molecule has 2 atom stereocenters. The molecule has 0 aliphatic carbocycles. The second-order valence-corrected chi connectivity index (χ2v) is 8.68. The molecule has 10 heteroatoms. The van der Waals surface area contributed by atoms with Gasteiger partial charge in [-0.15, -0.1) is 0 Å². The number of rotatable bonds is 4. The number of likely N-dealkylation sites (tertiary alicyclic amines) is 1. The third kappa shape index (κ3) is 3.43. The predicted molar refractivity (Wildman–Crippen MR) is 99.0 cm³/mol. The summed E-state index contributed by atoms with van der Waals surface area (Å²) < 4.78 is 26.1. The zero-order valence-electron chi connectivity index (χ0n) is 14.7. The second-order valence-electron chi connectivity index (χ2n) is 6.55. The largest absolute Gasteiger partial charge is 0.479 e. The Labute approximate surface area is 161 Å². The number of nitrogens with zero attached hydrogens (tertiary/aromatic N) is 2. The van der Waals surface area contributed by atoms with Crippen LogP contribution >= 0.6 is 0 Å². The van der Waals surface area contributed by atoms with Gasteiger partial charge in [0.15, 0.2) is 15.4 Å². The molecular formula is C18H19N3O6S. The lowest BCUT2D eigenvalue weighted by Gasteiger charge is -2.40. The van der Waals surface area contributed by atoms with Crippen LogP contribution in [-0.4, -0.2) is 64.5 Å². The van der Waals surface area contributed by atoms with Gasteiger partial charge in [0, 0.05) is 18.3 Å². The molecule has 1 aromatic heterocycles. The van der Waals surface area contributed by atoms with Gasteiger partial charge in [0.25, 0.3) is 0 Å². The van der Waals surface area contributed by atoms with Gasteiger partial charge in [-0.2, -0.15) is 0 Å². The summed E-state index contributed by atoms with van der Waals surface area (Å²) in [5.41, 5.74) is 3.84. The quantitative estimate of drug-likeness (QED) is 0.669. The van der Waals surface area contributed by atoms with Crippen LogP contribution in [0.5, 0.6) is 0 Å². The van der Waals surface area contributed by atoms with Crippen molar-refractivity contribution >= 4 is 21.8 Å². The highest BCUT2D eigenvalue weighted by molar-refractivity contribution is 7.92. The van der Waals surface area contributed by atoms with Crippen molar-refractivity contribution in [1.82, 2.24) is 9.88 Å². The van der Waals surface area contributed by atoms with E-state index in [0.29, 0.717) is 11.3 Å². The molecule has 0 saturated carbocycles. The molecule has 4 N–H and O–H groups in total. The minimum absolute atomic E-state index is 0.0686. The minimum atomic E-state index is -4.19. The van der Waals surface area contributed by atoms with Gasteiger partial charge >= 0.3 is 12.0 Å². The highest BCUT2D eigenvalue weighted by Crippen LogP contribution is 2.33. The maximum atomic E-state index is 13.1. The van der Waals surface area contributed by atoms with Crippen LogP contribution in [0.1, 0.15) is 6.42 Å². The summed E-state index contributed by atoms with van der Waals surface area (Å²) in [5, 5.41) is 18.5. The molecule has 1 aliphatic heterocycles. The number of aliphatic hydroxyl groups is 1. The standard InChI is InChI=1S/C18H19N3O6S/c19-17(24)21-10-8-15(18(25,11-21)16(22)23)28(26,27)13-6-4-12(5-7-13)14-3-1-2-9-20-14/h1-7,9,15,25H,8,10-11H2,(H2,19,24)(H,22,23). The first kappa shape index (κ1) is 19.8. The van der Waals surface area contributed by atoms with E-state index < -0.39 is 39.2 Å². The molecule has 148 valence electrons. The zero-order valence-corrected chi connectivity index (χ0v) is 15.5. The van der Waals surface area contributed by atoms with Gasteiger partial charge in [0.2, 0.25) is 0 Å². The van der Waals surface area contributed by atoms with E-state index in [9.17, 15) is 28.2 Å². The average molecular weight is 405 g/mol. The molecule has 2 unspecified atom stereocenters. The first-order chi connectivity index (χ1) is 13.2. The highest BCUT2D eigenvalue weighted by Gasteiger charge is 2.55. The molecule has 2 heterocycles. The van der Waals surface area contributed by atoms with E-state index in [2.05, 4.69) is 4.98 Å². The number of amides is 2. The number of carboxylic acid groups (broad SMARTS) is 1. The number of pyridine rings is 1. The number of nitrogens with two attached hydrogens (primary N) is 1. The number of aliphatic carboxylic acids is 1. The van der Waals surface area contributed by atoms with Gasteiger partial charge < -0.3 is 20.8 Å². The number of benzene rings is 1. The first-order valence-electron chi connectivity index (χ1n) is 8.42. The summed E-state index contributed by atoms with van der Waals surface area (Å²) in [6.07, 6.45) is 1.36. The van der Waals surface area contributed by atoms with E-state index in [1.165, 1.54) is 12.1 Å². The SMILES string of the molecule is NC(=O)N1CCC(S(=O)(=O)c2ccc(-c3ccccn3)cc2)C(O)(C(=O)O)C1. The molecule has 0 spiro atoms. The summed E-state index contributed by atoms with van der Waals surface area (Å²) >= 11 is 0. The van der Waals surface area contributed by atoms with Crippen LogP contribution in [0.4, 0.5) is 4.79 Å². The van der Waals surface area contributed by atoms with Crippen LogP contribution in [0.15, 0.2) is 53.6 Å². The van der Waals surface area contributed by atoms with Gasteiger partial charge in [0.1, 0.15) is 5.25 Å². The molecular weight excluding hydrogens is 386 g/mol. The van der Waals surface area contributed by atoms with Gasteiger partial charge in [-0.05, 0) is 30.7 Å². The smallest absolute Gasteiger partial charge is 0.338 e. The summed E-state index contributed by atoms with van der Waals surface area (Å²) in [5.74, 6) is -1.72. The fourth-order valence-corrected chi connectivity index (χ4v) is 5.25. The number of carbonyl (C=O) groups is 2. The Kier molecular flexibility index (Phi) is 5.09. The number of aromatic nitrogens is 1. The lowest BCUT2D eigenvalue weighted by atomic mass is 9.92. The lowest BCUT2D eigenvalue weighted by Crippen LogP contribution is -2.65. The van der Waals surface area contributed by atoms with Gasteiger partial charge in [-0.25, -0.2) is 18.0 Å². The molecule has 2 aromatic rings. The molecule has 1 aliphatic rings. The van der Waals surface area contributed by atoms with Crippen molar-refractivity contribution < 1.29 is 28.2 Å². The predicted octanol–water partition coefficient (Wildman–Crippen LogP) is 0.491. The van der Waals surface area contributed by atoms with E-state index >= 15 is 0 Å². The van der Waals surface area contributed by atoms with Crippen LogP contribution in [0.25, 0.3) is 11.3 Å². The molecule has 3 rings (SSSR count). The van der Waals surface area contributed by atoms with Crippen molar-refractivity contribution in [1.29, 1.82) is 0 Å². The van der Waals surface area contributed by atoms with Crippen molar-refractivity contribution in [2.75, 3.05) is 13.1 Å². The summed E-state index contributed by atoms with van der Waals surface area (Å²) in [4.78, 5) is 28.0. The Morgan fingerprint density at radius 1 is 1.18 bits per heavy atom. The Morgan fingerprint density at radius 3 is 2.39 bits per heavy atom. The normalized spacial score (nSPS) is 22.6. The van der Waals surface area contributed by atoms with E-state index in [-0.39, 0.29) is 17.9 Å². The number of carboxylic acids is 1. The lowest BCUT2D eigenvalue weighted by molar-refractivity contribution is -0.162. The maximum Gasteiger partial charge on any atom is 0.338 e. The van der Waals surface area contributed by atoms with Gasteiger partial charge in [-0.3, -0.25) is 4.98 Å². The number of hydrogen-bond donors (Lipinski definition) is 3. The Morgan fingerprint density at radius 2 is 1.86 bits per heavy atom. The Bertz CT molecular complexity index is 994. The maximum absolute atomic E-state index is 13.1. The summed E-state index contributed by atoms with van der Waals surface area (Å²) in [6, 6.07) is 10.2. The molecule has 0 bridgehead atoms. The monoisotopic (exact) mass is 405 g/mol. The van der Waals surface area contributed by atoms with Crippen molar-refractivity contribution in [3.05, 3.63) is 48.7 Å². The summed E-state index contributed by atoms with van der Waals surface area (Å²) in [6.45, 7) is -0.769. The molecule has 1 saturated heterocycles. The zero-order chi connectivity index (χ0) is 20.5. The number of carbonyl (C=O) groups excluding carboxylic acids is 1. The van der Waals surface area contributed by atoms with E-state index in [1.54, 1.807) is 36.5 Å². The number of sulfone groups is 1. The van der Waals surface area contributed by atoms with Gasteiger partial charge in [-0.1, -0.05) is 18.2 Å². The van der Waals surface area contributed by atoms with Crippen molar-refractivity contribution in [2.24, 2.45) is 5.73 Å². The van der Waals surface area contributed by atoms with E-state index in [0.717, 1.165) is 4.90 Å². The fraction of sp³-hybridized carbons (Fsp3) is 0.278. The molecule has 9 nitrogen and oxygen atoms in total. The van der Waals surface area contributed by atoms with Crippen LogP contribution in [-0.2, 0) is 14.6 Å². The topological polar surface area (TPSA) is 151 Å². The molecule has 28 heavy (non-hydrogen) atoms. The van der Waals surface area contributed by atoms with Crippen LogP contribution in [0, 0.1) is 0 Å². The first-order valence-corrected chi connectivity index (χ1v) is 9.96. The Hall–Kier alpha value is -2.98. The Balaban J connectivity index is 1.95. The average Bonchev–Trinajstić information content (AvgIpc) is 2.68. The highest BCUT2D eigenvalue weighted by atomic mass is 32.2. The number of primary amides is 1. The van der Waals surface area contributed by atoms with E-state index in [1.807, 2.05) is 0 Å². The molecule has 2 amide bonds. The number of urea groups is 1. The van der Waals surface area contributed by atoms with Crippen molar-refractivity contribution in [3.8, 4) is 11.3 Å². The van der Waals surface area contributed by atoms with Crippen LogP contribution < -0.4 is 5.73 Å². The van der Waals surface area contributed by atoms with E-state index in [4.69, 9.17) is 5.73 Å². The van der Waals surface area contributed by atoms with Crippen molar-refractivity contribution in [2.45, 2.75) is 22.2 Å². The molecule has 0 radical (unpaired) electrons. The number of hydrogen-bond acceptors (Lipinski definition) is 6. The fourth-order valence-electron chi connectivity index (χ4n) is 3.30. The minimum Gasteiger partial charge on any atom is -0.479 e. The molecule has 1 aromatic carbocycles.